The molecule has 1 aliphatic heterocycles. The maximum atomic E-state index is 12.6. The van der Waals surface area contributed by atoms with Crippen LogP contribution in [-0.2, 0) is 0 Å². The lowest BCUT2D eigenvalue weighted by Gasteiger charge is -2.36. The molecule has 1 amide bonds. The van der Waals surface area contributed by atoms with Gasteiger partial charge in [-0.25, -0.2) is 0 Å². The Labute approximate surface area is 195 Å². The molecule has 1 saturated heterocycles. The van der Waals surface area contributed by atoms with Crippen molar-refractivity contribution in [3.63, 3.8) is 0 Å². The summed E-state index contributed by atoms with van der Waals surface area (Å²) in [5.41, 5.74) is 6.36. The summed E-state index contributed by atoms with van der Waals surface area (Å²) in [6.45, 7) is 5.66. The molecule has 6 nitrogen and oxygen atoms in total. The van der Waals surface area contributed by atoms with Gasteiger partial charge in [-0.05, 0) is 61.0 Å². The van der Waals surface area contributed by atoms with Crippen molar-refractivity contribution in [2.75, 3.05) is 32.5 Å². The van der Waals surface area contributed by atoms with Crippen molar-refractivity contribution in [3.8, 4) is 22.6 Å². The molecule has 0 radical (unpaired) electrons. The number of hydrogen-bond acceptors (Lipinski definition) is 4. The molecule has 33 heavy (non-hydrogen) atoms. The first-order chi connectivity index (χ1) is 15.8. The molecule has 0 bridgehead atoms. The van der Waals surface area contributed by atoms with Gasteiger partial charge in [-0.3, -0.25) is 10.2 Å². The molecule has 0 aromatic heterocycles. The predicted octanol–water partition coefficient (Wildman–Crippen LogP) is 3.11. The van der Waals surface area contributed by atoms with E-state index in [1.54, 1.807) is 0 Å². The van der Waals surface area contributed by atoms with Gasteiger partial charge < -0.3 is 20.3 Å². The van der Waals surface area contributed by atoms with Crippen molar-refractivity contribution >= 4 is 17.3 Å². The third-order valence-electron chi connectivity index (χ3n) is 5.96. The molecule has 1 heterocycles. The van der Waals surface area contributed by atoms with Crippen molar-refractivity contribution in [1.82, 2.24) is 10.2 Å². The molecule has 4 rings (SSSR count). The fourth-order valence-corrected chi connectivity index (χ4v) is 4.16. The average molecular weight is 444 g/mol. The van der Waals surface area contributed by atoms with Gasteiger partial charge >= 0.3 is 0 Å². The third kappa shape index (κ3) is 5.07. The van der Waals surface area contributed by atoms with Crippen LogP contribution in [0.4, 0.5) is 5.69 Å². The molecular formula is C27H31N4O2+. The summed E-state index contributed by atoms with van der Waals surface area (Å²) in [5.74, 6) is 1.46. The number of amides is 1. The lowest BCUT2D eigenvalue weighted by molar-refractivity contribution is -0.113. The van der Waals surface area contributed by atoms with E-state index in [4.69, 9.17) is 10.1 Å². The molecule has 0 unspecified atom stereocenters. The number of hydrogen-bond donors (Lipinski definition) is 3. The van der Waals surface area contributed by atoms with Crippen LogP contribution in [0.25, 0.3) is 11.1 Å². The molecule has 1 fully saturated rings. The first-order valence-corrected chi connectivity index (χ1v) is 11.1. The highest BCUT2D eigenvalue weighted by atomic mass is 16.5. The summed E-state index contributed by atoms with van der Waals surface area (Å²) in [6.07, 6.45) is 0. The largest absolute Gasteiger partial charge is 0.457 e. The minimum Gasteiger partial charge on any atom is -0.457 e. The maximum Gasteiger partial charge on any atom is 0.251 e. The summed E-state index contributed by atoms with van der Waals surface area (Å²) >= 11 is 0. The van der Waals surface area contributed by atoms with Gasteiger partial charge in [0.2, 0.25) is 0 Å². The molecule has 170 valence electrons. The van der Waals surface area contributed by atoms with Crippen molar-refractivity contribution in [3.05, 3.63) is 77.4 Å². The van der Waals surface area contributed by atoms with Gasteiger partial charge in [0.1, 0.15) is 11.5 Å². The highest BCUT2D eigenvalue weighted by molar-refractivity contribution is 5.99. The highest BCUT2D eigenvalue weighted by Gasteiger charge is 2.25. The minimum atomic E-state index is -0.0111. The van der Waals surface area contributed by atoms with Gasteiger partial charge in [-0.2, -0.15) is 0 Å². The van der Waals surface area contributed by atoms with E-state index in [1.165, 1.54) is 0 Å². The van der Waals surface area contributed by atoms with E-state index < -0.39 is 0 Å². The number of ether oxygens (including phenoxy) is 1. The van der Waals surface area contributed by atoms with Crippen LogP contribution in [0.15, 0.2) is 60.7 Å². The average Bonchev–Trinajstić information content (AvgIpc) is 2.77. The van der Waals surface area contributed by atoms with Gasteiger partial charge in [-0.1, -0.05) is 24.3 Å². The van der Waals surface area contributed by atoms with Crippen LogP contribution in [-0.4, -0.2) is 49.7 Å². The molecule has 3 aromatic carbocycles. The van der Waals surface area contributed by atoms with Gasteiger partial charge in [-0.15, -0.1) is 0 Å². The first-order valence-electron chi connectivity index (χ1n) is 11.1. The van der Waals surface area contributed by atoms with Crippen LogP contribution in [0.2, 0.25) is 0 Å². The monoisotopic (exact) mass is 443 g/mol. The number of nitrogens with one attached hydrogen (secondary N) is 2. The zero-order chi connectivity index (χ0) is 23.5. The van der Waals surface area contributed by atoms with Gasteiger partial charge in [0.25, 0.3) is 5.91 Å². The fourth-order valence-electron chi connectivity index (χ4n) is 4.16. The normalized spacial score (nSPS) is 13.8. The summed E-state index contributed by atoms with van der Waals surface area (Å²) in [7, 11) is 3.91. The second-order valence-corrected chi connectivity index (χ2v) is 8.69. The minimum absolute atomic E-state index is 0.0111. The van der Waals surface area contributed by atoms with E-state index in [9.17, 15) is 4.79 Å². The number of nitrogens with two attached hydrogens (primary N) is 1. The number of likely N-dealkylation sites (tertiary alicyclic amines) is 1. The van der Waals surface area contributed by atoms with E-state index >= 15 is 0 Å². The number of anilines is 1. The molecule has 1 aliphatic rings. The Morgan fingerprint density at radius 2 is 1.70 bits per heavy atom. The molecule has 0 saturated carbocycles. The number of benzene rings is 3. The van der Waals surface area contributed by atoms with Crippen molar-refractivity contribution in [2.24, 2.45) is 0 Å². The predicted molar refractivity (Wildman–Crippen MR) is 133 cm³/mol. The lowest BCUT2D eigenvalue weighted by atomic mass is 9.99. The van der Waals surface area contributed by atoms with E-state index in [-0.39, 0.29) is 11.9 Å². The zero-order valence-corrected chi connectivity index (χ0v) is 19.6. The fraction of sp³-hybridized carbons (Fsp3) is 0.259. The number of nitrogens with zero attached hydrogens (tertiary/aromatic N) is 1. The van der Waals surface area contributed by atoms with Crippen LogP contribution in [0.3, 0.4) is 0 Å². The smallest absolute Gasteiger partial charge is 0.251 e. The Kier molecular flexibility index (Phi) is 6.47. The second-order valence-electron chi connectivity index (χ2n) is 8.69. The Morgan fingerprint density at radius 1 is 1.00 bits per heavy atom. The van der Waals surface area contributed by atoms with Crippen LogP contribution in [0, 0.1) is 6.92 Å². The SMILES string of the molecule is CNc1cc(Oc2cccc(-c3ccc(C(=O)NC4CN(C)C4)c(C)c3)c2)ccc1C(C)=[NH2+]. The zero-order valence-electron chi connectivity index (χ0n) is 19.6. The molecule has 6 heteroatoms. The number of carbonyl (C=O) groups excluding carboxylic acids is 1. The Hall–Kier alpha value is -3.64. The highest BCUT2D eigenvalue weighted by Crippen LogP contribution is 2.30. The van der Waals surface area contributed by atoms with Crippen molar-refractivity contribution in [1.29, 1.82) is 0 Å². The second kappa shape index (κ2) is 9.46. The number of likely N-dealkylation sites (N-methyl/N-ethyl adjacent to an activating group) is 1. The quantitative estimate of drug-likeness (QED) is 0.491. The standard InChI is InChI=1S/C27H30N4O2/c1-17-12-20(8-10-24(17)27(32)30-21-15-31(4)16-21)19-6-5-7-22(13-19)33-23-9-11-25(18(2)28)26(14-23)29-3/h5-14,21,28-29H,15-16H2,1-4H3,(H,30,32)/p+1. The molecule has 3 aromatic rings. The Morgan fingerprint density at radius 3 is 2.36 bits per heavy atom. The van der Waals surface area contributed by atoms with Crippen molar-refractivity contribution in [2.45, 2.75) is 19.9 Å². The number of rotatable bonds is 7. The van der Waals surface area contributed by atoms with Gasteiger partial charge in [0, 0.05) is 38.7 Å². The van der Waals surface area contributed by atoms with Crippen LogP contribution < -0.4 is 20.8 Å². The van der Waals surface area contributed by atoms with Crippen molar-refractivity contribution < 1.29 is 14.9 Å². The van der Waals surface area contributed by atoms with Crippen LogP contribution in [0.5, 0.6) is 11.5 Å². The molecular weight excluding hydrogens is 412 g/mol. The first kappa shape index (κ1) is 22.6. The topological polar surface area (TPSA) is 79.2 Å². The third-order valence-corrected chi connectivity index (χ3v) is 5.96. The molecule has 0 atom stereocenters. The van der Waals surface area contributed by atoms with E-state index in [2.05, 4.69) is 28.6 Å². The molecule has 4 N–H and O–H groups in total. The van der Waals surface area contributed by atoms with Crippen LogP contribution in [0.1, 0.15) is 28.4 Å². The van der Waals surface area contributed by atoms with Gasteiger partial charge in [0.05, 0.1) is 17.3 Å². The molecule has 0 aliphatic carbocycles. The Balaban J connectivity index is 1.51. The number of carbonyl (C=O) groups is 1. The molecule has 0 spiro atoms. The van der Waals surface area contributed by atoms with Crippen LogP contribution >= 0.6 is 0 Å². The summed E-state index contributed by atoms with van der Waals surface area (Å²) in [5, 5.41) is 12.2. The Bertz CT molecular complexity index is 1200. The van der Waals surface area contributed by atoms with E-state index in [0.717, 1.165) is 58.2 Å². The summed E-state index contributed by atoms with van der Waals surface area (Å²) in [4.78, 5) is 14.8. The van der Waals surface area contributed by atoms with Gasteiger partial charge in [0.15, 0.2) is 5.71 Å². The summed E-state index contributed by atoms with van der Waals surface area (Å²) < 4.78 is 6.12. The summed E-state index contributed by atoms with van der Waals surface area (Å²) in [6, 6.07) is 19.9. The lowest BCUT2D eigenvalue weighted by Crippen LogP contribution is -2.57. The maximum absolute atomic E-state index is 12.6. The van der Waals surface area contributed by atoms with E-state index in [0.29, 0.717) is 5.56 Å². The number of aryl methyl sites for hydroxylation is 1. The van der Waals surface area contributed by atoms with E-state index in [1.807, 2.05) is 75.5 Å².